The number of nitriles is 1. The average molecular weight is 422 g/mol. The summed E-state index contributed by atoms with van der Waals surface area (Å²) in [6.07, 6.45) is 2.33. The van der Waals surface area contributed by atoms with E-state index < -0.39 is 11.7 Å². The summed E-state index contributed by atoms with van der Waals surface area (Å²) in [6.45, 7) is 5.77. The second kappa shape index (κ2) is 8.98. The average Bonchev–Trinajstić information content (AvgIpc) is 3.01. The van der Waals surface area contributed by atoms with Crippen LogP contribution in [-0.4, -0.2) is 10.5 Å². The highest BCUT2D eigenvalue weighted by molar-refractivity contribution is 6.30. The van der Waals surface area contributed by atoms with Gasteiger partial charge in [-0.1, -0.05) is 36.7 Å². The van der Waals surface area contributed by atoms with Gasteiger partial charge in [0, 0.05) is 22.8 Å². The lowest BCUT2D eigenvalue weighted by Gasteiger charge is -2.11. The molecule has 4 nitrogen and oxygen atoms in total. The van der Waals surface area contributed by atoms with E-state index in [9.17, 15) is 14.4 Å². The van der Waals surface area contributed by atoms with Crippen molar-refractivity contribution < 1.29 is 9.18 Å². The third-order valence-corrected chi connectivity index (χ3v) is 5.23. The molecule has 30 heavy (non-hydrogen) atoms. The summed E-state index contributed by atoms with van der Waals surface area (Å²) in [6, 6.07) is 15.9. The summed E-state index contributed by atoms with van der Waals surface area (Å²) in [5.74, 6) is -0.952. The summed E-state index contributed by atoms with van der Waals surface area (Å²) >= 11 is 5.93. The van der Waals surface area contributed by atoms with Crippen molar-refractivity contribution in [2.45, 2.75) is 27.2 Å². The molecule has 0 unspecified atom stereocenters. The van der Waals surface area contributed by atoms with E-state index in [4.69, 9.17) is 11.6 Å². The van der Waals surface area contributed by atoms with Gasteiger partial charge in [0.05, 0.1) is 5.02 Å². The van der Waals surface area contributed by atoms with Gasteiger partial charge in [0.2, 0.25) is 0 Å². The molecule has 2 aromatic carbocycles. The molecule has 1 aromatic heterocycles. The fourth-order valence-electron chi connectivity index (χ4n) is 3.40. The van der Waals surface area contributed by atoms with E-state index in [0.717, 1.165) is 28.9 Å². The maximum absolute atomic E-state index is 13.5. The number of anilines is 1. The number of amides is 1. The molecule has 0 aliphatic rings. The minimum Gasteiger partial charge on any atom is -0.321 e. The number of aryl methyl sites for hydroxylation is 2. The van der Waals surface area contributed by atoms with Crippen molar-refractivity contribution in [3.8, 4) is 11.8 Å². The molecule has 1 amide bonds. The fourth-order valence-corrected chi connectivity index (χ4v) is 3.57. The van der Waals surface area contributed by atoms with Crippen molar-refractivity contribution >= 4 is 29.3 Å². The van der Waals surface area contributed by atoms with Crippen molar-refractivity contribution in [2.24, 2.45) is 0 Å². The molecular formula is C24H21ClFN3O. The predicted octanol–water partition coefficient (Wildman–Crippen LogP) is 5.99. The van der Waals surface area contributed by atoms with Gasteiger partial charge in [-0.3, -0.25) is 4.79 Å². The van der Waals surface area contributed by atoms with Crippen LogP contribution in [0.1, 0.15) is 29.4 Å². The van der Waals surface area contributed by atoms with Crippen LogP contribution in [0, 0.1) is 31.0 Å². The largest absolute Gasteiger partial charge is 0.321 e. The number of benzene rings is 2. The number of para-hydroxylation sites is 1. The molecule has 0 bridgehead atoms. The lowest BCUT2D eigenvalue weighted by Crippen LogP contribution is -2.14. The number of hydrogen-bond acceptors (Lipinski definition) is 2. The van der Waals surface area contributed by atoms with Gasteiger partial charge in [-0.05, 0) is 67.8 Å². The van der Waals surface area contributed by atoms with Gasteiger partial charge in [-0.15, -0.1) is 0 Å². The number of aromatic nitrogens is 1. The van der Waals surface area contributed by atoms with Gasteiger partial charge in [0.25, 0.3) is 5.91 Å². The van der Waals surface area contributed by atoms with Crippen LogP contribution in [0.3, 0.4) is 0 Å². The molecular weight excluding hydrogens is 401 g/mol. The Balaban J connectivity index is 1.95. The van der Waals surface area contributed by atoms with Crippen LogP contribution in [0.5, 0.6) is 0 Å². The minimum atomic E-state index is -0.487. The summed E-state index contributed by atoms with van der Waals surface area (Å²) < 4.78 is 15.4. The van der Waals surface area contributed by atoms with Gasteiger partial charge in [0.15, 0.2) is 0 Å². The van der Waals surface area contributed by atoms with Crippen molar-refractivity contribution in [1.29, 1.82) is 5.26 Å². The lowest BCUT2D eigenvalue weighted by molar-refractivity contribution is -0.112. The molecule has 1 heterocycles. The first-order valence-corrected chi connectivity index (χ1v) is 9.89. The van der Waals surface area contributed by atoms with E-state index in [2.05, 4.69) is 5.32 Å². The summed E-state index contributed by atoms with van der Waals surface area (Å²) in [5, 5.41) is 12.4. The van der Waals surface area contributed by atoms with Gasteiger partial charge in [0.1, 0.15) is 17.5 Å². The van der Waals surface area contributed by atoms with Crippen LogP contribution in [0.15, 0.2) is 54.1 Å². The number of halogens is 2. The van der Waals surface area contributed by atoms with E-state index in [1.165, 1.54) is 6.07 Å². The monoisotopic (exact) mass is 421 g/mol. The molecule has 3 aromatic rings. The van der Waals surface area contributed by atoms with Crippen LogP contribution in [0.4, 0.5) is 10.1 Å². The molecule has 0 aliphatic carbocycles. The Morgan fingerprint density at radius 3 is 2.63 bits per heavy atom. The maximum Gasteiger partial charge on any atom is 0.266 e. The van der Waals surface area contributed by atoms with Crippen LogP contribution in [-0.2, 0) is 11.2 Å². The highest BCUT2D eigenvalue weighted by Gasteiger charge is 2.15. The Bertz CT molecular complexity index is 1190. The number of rotatable bonds is 5. The Hall–Kier alpha value is -3.36. The number of carbonyl (C=O) groups excluding carboxylic acids is 1. The molecule has 0 saturated heterocycles. The molecule has 3 rings (SSSR count). The normalized spacial score (nSPS) is 11.3. The van der Waals surface area contributed by atoms with Gasteiger partial charge in [-0.2, -0.15) is 5.26 Å². The van der Waals surface area contributed by atoms with Gasteiger partial charge in [-0.25, -0.2) is 4.39 Å². The molecule has 0 radical (unpaired) electrons. The molecule has 0 spiro atoms. The number of hydrogen-bond donors (Lipinski definition) is 1. The van der Waals surface area contributed by atoms with Crippen LogP contribution >= 0.6 is 11.6 Å². The second-order valence-electron chi connectivity index (χ2n) is 6.89. The number of nitrogens with one attached hydrogen (secondary N) is 1. The van der Waals surface area contributed by atoms with Crippen molar-refractivity contribution in [3.63, 3.8) is 0 Å². The van der Waals surface area contributed by atoms with Gasteiger partial charge >= 0.3 is 0 Å². The molecule has 0 fully saturated rings. The van der Waals surface area contributed by atoms with E-state index >= 15 is 0 Å². The molecule has 0 atom stereocenters. The molecule has 152 valence electrons. The van der Waals surface area contributed by atoms with Crippen molar-refractivity contribution in [2.75, 3.05) is 5.32 Å². The van der Waals surface area contributed by atoms with E-state index in [0.29, 0.717) is 11.4 Å². The Kier molecular flexibility index (Phi) is 6.39. The van der Waals surface area contributed by atoms with Crippen LogP contribution in [0.2, 0.25) is 5.02 Å². The Morgan fingerprint density at radius 1 is 1.23 bits per heavy atom. The van der Waals surface area contributed by atoms with E-state index in [1.54, 1.807) is 18.2 Å². The molecule has 0 aliphatic heterocycles. The quantitative estimate of drug-likeness (QED) is 0.406. The second-order valence-corrected chi connectivity index (χ2v) is 7.30. The smallest absolute Gasteiger partial charge is 0.266 e. The molecule has 1 N–H and O–H groups in total. The van der Waals surface area contributed by atoms with Crippen LogP contribution in [0.25, 0.3) is 11.8 Å². The first kappa shape index (κ1) is 21.4. The fraction of sp³-hybridized carbons (Fsp3) is 0.167. The zero-order chi connectivity index (χ0) is 21.8. The number of carbonyl (C=O) groups is 1. The van der Waals surface area contributed by atoms with Gasteiger partial charge < -0.3 is 9.88 Å². The van der Waals surface area contributed by atoms with E-state index in [-0.39, 0.29) is 10.6 Å². The molecule has 0 saturated carbocycles. The minimum absolute atomic E-state index is 0.00158. The maximum atomic E-state index is 13.5. The summed E-state index contributed by atoms with van der Waals surface area (Å²) in [4.78, 5) is 12.7. The van der Waals surface area contributed by atoms with Crippen molar-refractivity contribution in [1.82, 2.24) is 4.57 Å². The third-order valence-electron chi connectivity index (χ3n) is 4.94. The third kappa shape index (κ3) is 4.29. The number of nitrogens with zero attached hydrogens (tertiary/aromatic N) is 2. The van der Waals surface area contributed by atoms with Crippen LogP contribution < -0.4 is 5.32 Å². The zero-order valence-corrected chi connectivity index (χ0v) is 17.7. The SMILES string of the molecule is CCc1ccccc1NC(=O)/C(C#N)=C\c1cc(C)n(-c2ccc(F)c(Cl)c2)c1C. The highest BCUT2D eigenvalue weighted by Crippen LogP contribution is 2.26. The first-order chi connectivity index (χ1) is 14.3. The van der Waals surface area contributed by atoms with Crippen molar-refractivity contribution in [3.05, 3.63) is 87.5 Å². The Labute approximate surface area is 180 Å². The predicted molar refractivity (Wildman–Crippen MR) is 118 cm³/mol. The first-order valence-electron chi connectivity index (χ1n) is 9.51. The summed E-state index contributed by atoms with van der Waals surface area (Å²) in [5.41, 5.74) is 4.80. The van der Waals surface area contributed by atoms with E-state index in [1.807, 2.05) is 61.7 Å². The topological polar surface area (TPSA) is 57.8 Å². The lowest BCUT2D eigenvalue weighted by atomic mass is 10.1. The zero-order valence-electron chi connectivity index (χ0n) is 17.0. The highest BCUT2D eigenvalue weighted by atomic mass is 35.5. The standard InChI is InChI=1S/C24H21ClFN3O/c1-4-17-7-5-6-8-23(17)28-24(30)19(14-27)12-18-11-15(2)29(16(18)3)20-9-10-22(26)21(25)13-20/h5-13H,4H2,1-3H3,(H,28,30)/b19-12-. The summed E-state index contributed by atoms with van der Waals surface area (Å²) in [7, 11) is 0. The Morgan fingerprint density at radius 2 is 1.97 bits per heavy atom. The molecule has 6 heteroatoms.